The molecule has 1 aromatic rings. The summed E-state index contributed by atoms with van der Waals surface area (Å²) in [6.07, 6.45) is 2.25. The van der Waals surface area contributed by atoms with Gasteiger partial charge in [0.25, 0.3) is 0 Å². The van der Waals surface area contributed by atoms with Crippen molar-refractivity contribution in [2.24, 2.45) is 0 Å². The van der Waals surface area contributed by atoms with Gasteiger partial charge in [-0.2, -0.15) is 5.26 Å². The minimum absolute atomic E-state index is 0.448. The molecule has 0 unspecified atom stereocenters. The van der Waals surface area contributed by atoms with Crippen molar-refractivity contribution in [3.63, 3.8) is 0 Å². The predicted octanol–water partition coefficient (Wildman–Crippen LogP) is 1.77. The van der Waals surface area contributed by atoms with Gasteiger partial charge in [-0.05, 0) is 45.1 Å². The minimum atomic E-state index is 0.448. The van der Waals surface area contributed by atoms with Gasteiger partial charge in [-0.15, -0.1) is 0 Å². The number of hydrogen-bond acceptors (Lipinski definition) is 4. The van der Waals surface area contributed by atoms with Gasteiger partial charge in [0.1, 0.15) is 11.6 Å². The summed E-state index contributed by atoms with van der Waals surface area (Å²) in [6, 6.07) is 5.85. The van der Waals surface area contributed by atoms with E-state index in [1.807, 2.05) is 6.07 Å². The van der Waals surface area contributed by atoms with Crippen LogP contribution in [0, 0.1) is 11.3 Å². The van der Waals surface area contributed by atoms with Crippen molar-refractivity contribution in [2.75, 3.05) is 27.2 Å². The Bertz CT molecular complexity index is 431. The van der Waals surface area contributed by atoms with Gasteiger partial charge in [-0.3, -0.25) is 0 Å². The summed E-state index contributed by atoms with van der Waals surface area (Å²) in [5.74, 6) is 0.941. The van der Waals surface area contributed by atoms with Crippen LogP contribution in [0.3, 0.4) is 0 Å². The second-order valence-electron chi connectivity index (χ2n) is 4.48. The normalized spacial score (nSPS) is 17.7. The van der Waals surface area contributed by atoms with Crippen LogP contribution in [0.4, 0.5) is 0 Å². The van der Waals surface area contributed by atoms with Gasteiger partial charge in [-0.25, -0.2) is 4.98 Å². The summed E-state index contributed by atoms with van der Waals surface area (Å²) >= 11 is 0. The highest BCUT2D eigenvalue weighted by Gasteiger charge is 2.20. The van der Waals surface area contributed by atoms with Gasteiger partial charge in [0, 0.05) is 11.6 Å². The van der Waals surface area contributed by atoms with Crippen LogP contribution in [0.1, 0.15) is 30.0 Å². The lowest BCUT2D eigenvalue weighted by molar-refractivity contribution is 0.252. The van der Waals surface area contributed by atoms with Crippen molar-refractivity contribution in [3.8, 4) is 11.9 Å². The van der Waals surface area contributed by atoms with Crippen LogP contribution in [-0.4, -0.2) is 37.1 Å². The first-order chi connectivity index (χ1) is 8.24. The summed E-state index contributed by atoms with van der Waals surface area (Å²) < 4.78 is 5.14. The van der Waals surface area contributed by atoms with E-state index in [0.29, 0.717) is 17.4 Å². The molecule has 0 atom stereocenters. The van der Waals surface area contributed by atoms with E-state index in [0.717, 1.165) is 31.6 Å². The molecule has 1 saturated heterocycles. The van der Waals surface area contributed by atoms with E-state index in [1.54, 1.807) is 13.2 Å². The molecule has 0 saturated carbocycles. The zero-order valence-electron chi connectivity index (χ0n) is 10.3. The number of methoxy groups -OCH3 is 1. The van der Waals surface area contributed by atoms with E-state index in [9.17, 15) is 0 Å². The monoisotopic (exact) mass is 231 g/mol. The van der Waals surface area contributed by atoms with Crippen LogP contribution in [0.5, 0.6) is 5.88 Å². The number of hydrogen-bond donors (Lipinski definition) is 0. The molecule has 0 spiro atoms. The fourth-order valence-corrected chi connectivity index (χ4v) is 2.23. The number of rotatable bonds is 2. The van der Waals surface area contributed by atoms with Crippen LogP contribution in [0.15, 0.2) is 12.1 Å². The van der Waals surface area contributed by atoms with Gasteiger partial charge in [0.05, 0.1) is 7.11 Å². The van der Waals surface area contributed by atoms with Crippen molar-refractivity contribution in [3.05, 3.63) is 23.4 Å². The van der Waals surface area contributed by atoms with E-state index in [-0.39, 0.29) is 0 Å². The Labute approximate surface area is 102 Å². The molecule has 1 fully saturated rings. The molecule has 1 aromatic heterocycles. The van der Waals surface area contributed by atoms with Crippen LogP contribution < -0.4 is 4.74 Å². The third-order valence-electron chi connectivity index (χ3n) is 3.33. The lowest BCUT2D eigenvalue weighted by Crippen LogP contribution is -2.29. The number of aromatic nitrogens is 1. The SMILES string of the molecule is COc1nc(C2CCN(C)CC2)ccc1C#N. The van der Waals surface area contributed by atoms with Crippen molar-refractivity contribution in [1.82, 2.24) is 9.88 Å². The van der Waals surface area contributed by atoms with Gasteiger partial charge >= 0.3 is 0 Å². The third-order valence-corrected chi connectivity index (χ3v) is 3.33. The molecule has 0 N–H and O–H groups in total. The molecule has 2 rings (SSSR count). The summed E-state index contributed by atoms with van der Waals surface area (Å²) in [6.45, 7) is 2.21. The van der Waals surface area contributed by atoms with Gasteiger partial charge < -0.3 is 9.64 Å². The molecule has 0 radical (unpaired) electrons. The predicted molar refractivity (Wildman–Crippen MR) is 65.0 cm³/mol. The largest absolute Gasteiger partial charge is 0.480 e. The molecule has 4 heteroatoms. The second-order valence-corrected chi connectivity index (χ2v) is 4.48. The van der Waals surface area contributed by atoms with Crippen molar-refractivity contribution < 1.29 is 4.74 Å². The van der Waals surface area contributed by atoms with E-state index in [4.69, 9.17) is 10.00 Å². The first kappa shape index (κ1) is 11.9. The maximum atomic E-state index is 8.91. The number of piperidine rings is 1. The highest BCUT2D eigenvalue weighted by Crippen LogP contribution is 2.28. The zero-order chi connectivity index (χ0) is 12.3. The quantitative estimate of drug-likeness (QED) is 0.778. The Morgan fingerprint density at radius 1 is 1.41 bits per heavy atom. The molecule has 4 nitrogen and oxygen atoms in total. The average molecular weight is 231 g/mol. The Morgan fingerprint density at radius 2 is 2.12 bits per heavy atom. The topological polar surface area (TPSA) is 49.1 Å². The molecule has 1 aliphatic rings. The van der Waals surface area contributed by atoms with Gasteiger partial charge in [0.15, 0.2) is 0 Å². The zero-order valence-corrected chi connectivity index (χ0v) is 10.3. The molecule has 1 aliphatic heterocycles. The molecule has 0 aromatic carbocycles. The third kappa shape index (κ3) is 2.56. The first-order valence-corrected chi connectivity index (χ1v) is 5.88. The Balaban J connectivity index is 2.19. The number of ether oxygens (including phenoxy) is 1. The molecular formula is C13H17N3O. The van der Waals surface area contributed by atoms with Crippen LogP contribution in [0.25, 0.3) is 0 Å². The highest BCUT2D eigenvalue weighted by atomic mass is 16.5. The van der Waals surface area contributed by atoms with Crippen LogP contribution in [0.2, 0.25) is 0 Å². The molecule has 17 heavy (non-hydrogen) atoms. The fraction of sp³-hybridized carbons (Fsp3) is 0.538. The summed E-state index contributed by atoms with van der Waals surface area (Å²) in [5.41, 5.74) is 1.55. The molecular weight excluding hydrogens is 214 g/mol. The van der Waals surface area contributed by atoms with Gasteiger partial charge in [-0.1, -0.05) is 0 Å². The molecule has 0 bridgehead atoms. The van der Waals surface area contributed by atoms with Crippen molar-refractivity contribution >= 4 is 0 Å². The van der Waals surface area contributed by atoms with E-state index < -0.39 is 0 Å². The lowest BCUT2D eigenvalue weighted by atomic mass is 9.93. The summed E-state index contributed by atoms with van der Waals surface area (Å²) in [7, 11) is 3.70. The molecule has 0 aliphatic carbocycles. The maximum Gasteiger partial charge on any atom is 0.231 e. The average Bonchev–Trinajstić information content (AvgIpc) is 2.39. The van der Waals surface area contributed by atoms with Crippen molar-refractivity contribution in [1.29, 1.82) is 5.26 Å². The highest BCUT2D eigenvalue weighted by molar-refractivity contribution is 5.39. The summed E-state index contributed by atoms with van der Waals surface area (Å²) in [4.78, 5) is 6.78. The Hall–Kier alpha value is -1.60. The number of nitrogens with zero attached hydrogens (tertiary/aromatic N) is 3. The Kier molecular flexibility index (Phi) is 3.60. The smallest absolute Gasteiger partial charge is 0.231 e. The number of likely N-dealkylation sites (tertiary alicyclic amines) is 1. The first-order valence-electron chi connectivity index (χ1n) is 5.88. The van der Waals surface area contributed by atoms with E-state index >= 15 is 0 Å². The van der Waals surface area contributed by atoms with Gasteiger partial charge in [0.2, 0.25) is 5.88 Å². The second kappa shape index (κ2) is 5.15. The Morgan fingerprint density at radius 3 is 2.71 bits per heavy atom. The lowest BCUT2D eigenvalue weighted by Gasteiger charge is -2.28. The standard InChI is InChI=1S/C13H17N3O/c1-16-7-5-10(6-8-16)12-4-3-11(9-14)13(15-12)17-2/h3-4,10H,5-8H2,1-2H3. The fourth-order valence-electron chi connectivity index (χ4n) is 2.23. The number of nitriles is 1. The van der Waals surface area contributed by atoms with Crippen LogP contribution >= 0.6 is 0 Å². The molecule has 0 amide bonds. The van der Waals surface area contributed by atoms with Crippen LogP contribution in [-0.2, 0) is 0 Å². The van der Waals surface area contributed by atoms with E-state index in [1.165, 1.54) is 0 Å². The van der Waals surface area contributed by atoms with Crippen molar-refractivity contribution in [2.45, 2.75) is 18.8 Å². The minimum Gasteiger partial charge on any atom is -0.480 e. The molecule has 2 heterocycles. The maximum absolute atomic E-state index is 8.91. The molecule has 90 valence electrons. The number of pyridine rings is 1. The van der Waals surface area contributed by atoms with E-state index in [2.05, 4.69) is 23.0 Å². The summed E-state index contributed by atoms with van der Waals surface area (Å²) in [5, 5.41) is 8.91.